The summed E-state index contributed by atoms with van der Waals surface area (Å²) in [6.07, 6.45) is 0. The van der Waals surface area contributed by atoms with Gasteiger partial charge in [0.25, 0.3) is 9.05 Å². The number of methoxy groups -OCH3 is 1. The molecule has 0 heterocycles. The molecule has 0 aliphatic carbocycles. The summed E-state index contributed by atoms with van der Waals surface area (Å²) in [5.41, 5.74) is 0.947. The molecule has 1 aromatic rings. The quantitative estimate of drug-likeness (QED) is 0.593. The van der Waals surface area contributed by atoms with Crippen molar-refractivity contribution in [3.8, 4) is 0 Å². The van der Waals surface area contributed by atoms with E-state index in [0.717, 1.165) is 17.1 Å². The van der Waals surface area contributed by atoms with Crippen molar-refractivity contribution < 1.29 is 13.2 Å². The van der Waals surface area contributed by atoms with E-state index in [1.165, 1.54) is 6.07 Å². The number of hydrogen-bond donors (Lipinski definition) is 0. The predicted octanol–water partition coefficient (Wildman–Crippen LogP) is 2.49. The van der Waals surface area contributed by atoms with Gasteiger partial charge >= 0.3 is 0 Å². The highest BCUT2D eigenvalue weighted by molar-refractivity contribution is 8.13. The van der Waals surface area contributed by atoms with E-state index in [9.17, 15) is 8.42 Å². The van der Waals surface area contributed by atoms with E-state index in [1.54, 1.807) is 31.0 Å². The summed E-state index contributed by atoms with van der Waals surface area (Å²) in [7, 11) is 3.29. The average molecular weight is 281 g/mol. The number of halogens is 1. The molecule has 90 valence electrons. The van der Waals surface area contributed by atoms with Crippen LogP contribution in [-0.4, -0.2) is 27.9 Å². The van der Waals surface area contributed by atoms with Crippen molar-refractivity contribution in [1.82, 2.24) is 0 Å². The first kappa shape index (κ1) is 13.8. The Hall–Kier alpha value is -0.230. The molecule has 0 unspecified atom stereocenters. The zero-order valence-corrected chi connectivity index (χ0v) is 11.2. The Balaban J connectivity index is 2.62. The average Bonchev–Trinajstić information content (AvgIpc) is 2.24. The Bertz CT molecular complexity index is 431. The van der Waals surface area contributed by atoms with E-state index in [0.29, 0.717) is 6.61 Å². The van der Waals surface area contributed by atoms with Crippen LogP contribution < -0.4 is 0 Å². The lowest BCUT2D eigenvalue weighted by atomic mass is 10.2. The van der Waals surface area contributed by atoms with Crippen LogP contribution in [0.2, 0.25) is 0 Å². The van der Waals surface area contributed by atoms with E-state index in [4.69, 9.17) is 15.4 Å². The fourth-order valence-corrected chi connectivity index (χ4v) is 2.78. The summed E-state index contributed by atoms with van der Waals surface area (Å²) >= 11 is 1.69. The van der Waals surface area contributed by atoms with Gasteiger partial charge in [-0.15, -0.1) is 0 Å². The van der Waals surface area contributed by atoms with E-state index < -0.39 is 9.05 Å². The Morgan fingerprint density at radius 2 is 2.19 bits per heavy atom. The fraction of sp³-hybridized carbons (Fsp3) is 0.400. The van der Waals surface area contributed by atoms with Gasteiger partial charge in [0.2, 0.25) is 0 Å². The molecule has 6 heteroatoms. The third kappa shape index (κ3) is 4.74. The molecule has 1 aromatic carbocycles. The third-order valence-electron chi connectivity index (χ3n) is 1.88. The van der Waals surface area contributed by atoms with Gasteiger partial charge in [-0.1, -0.05) is 12.1 Å². The normalized spacial score (nSPS) is 11.6. The van der Waals surface area contributed by atoms with E-state index in [1.807, 2.05) is 6.07 Å². The smallest absolute Gasteiger partial charge is 0.261 e. The van der Waals surface area contributed by atoms with Crippen molar-refractivity contribution in [2.75, 3.05) is 19.5 Å². The lowest BCUT2D eigenvalue weighted by Crippen LogP contribution is -1.94. The molecule has 1 rings (SSSR count). The molecule has 0 saturated carbocycles. The lowest BCUT2D eigenvalue weighted by Gasteiger charge is -2.03. The Morgan fingerprint density at radius 1 is 1.44 bits per heavy atom. The Morgan fingerprint density at radius 3 is 2.81 bits per heavy atom. The van der Waals surface area contributed by atoms with E-state index >= 15 is 0 Å². The molecule has 0 spiro atoms. The molecule has 0 atom stereocenters. The summed E-state index contributed by atoms with van der Waals surface area (Å²) in [6.45, 7) is 0.693. The van der Waals surface area contributed by atoms with Crippen LogP contribution in [0.5, 0.6) is 0 Å². The largest absolute Gasteiger partial charge is 0.384 e. The number of rotatable bonds is 6. The molecule has 0 aromatic heterocycles. The monoisotopic (exact) mass is 280 g/mol. The molecule has 3 nitrogen and oxygen atoms in total. The molecule has 0 bridgehead atoms. The van der Waals surface area contributed by atoms with Gasteiger partial charge in [-0.05, 0) is 17.7 Å². The second-order valence-corrected chi connectivity index (χ2v) is 6.80. The SMILES string of the molecule is COCCSCc1cccc(S(=O)(=O)Cl)c1. The molecule has 0 aliphatic rings. The molecular weight excluding hydrogens is 268 g/mol. The van der Waals surface area contributed by atoms with Gasteiger partial charge < -0.3 is 4.74 Å². The predicted molar refractivity (Wildman–Crippen MR) is 67.5 cm³/mol. The van der Waals surface area contributed by atoms with Gasteiger partial charge in [-0.25, -0.2) is 8.42 Å². The molecule has 0 aliphatic heterocycles. The van der Waals surface area contributed by atoms with Gasteiger partial charge in [0, 0.05) is 29.3 Å². The zero-order chi connectivity index (χ0) is 12.0. The minimum absolute atomic E-state index is 0.152. The van der Waals surface area contributed by atoms with Gasteiger partial charge in [0.05, 0.1) is 11.5 Å². The summed E-state index contributed by atoms with van der Waals surface area (Å²) in [5, 5.41) is 0. The summed E-state index contributed by atoms with van der Waals surface area (Å²) in [5.74, 6) is 1.64. The molecule has 0 amide bonds. The molecule has 0 N–H and O–H groups in total. The maximum Gasteiger partial charge on any atom is 0.261 e. The minimum atomic E-state index is -3.62. The maximum atomic E-state index is 11.1. The van der Waals surface area contributed by atoms with Crippen LogP contribution >= 0.6 is 22.4 Å². The highest BCUT2D eigenvalue weighted by Crippen LogP contribution is 2.19. The fourth-order valence-electron chi connectivity index (χ4n) is 1.12. The Kier molecular flexibility index (Phi) is 5.61. The molecule has 16 heavy (non-hydrogen) atoms. The summed E-state index contributed by atoms with van der Waals surface area (Å²) < 4.78 is 27.1. The Labute approximate surface area is 105 Å². The van der Waals surface area contributed by atoms with Crippen LogP contribution in [0.3, 0.4) is 0 Å². The minimum Gasteiger partial charge on any atom is -0.384 e. The van der Waals surface area contributed by atoms with Crippen LogP contribution in [0, 0.1) is 0 Å². The van der Waals surface area contributed by atoms with Crippen LogP contribution in [0.15, 0.2) is 29.2 Å². The van der Waals surface area contributed by atoms with Gasteiger partial charge in [-0.2, -0.15) is 11.8 Å². The number of thioether (sulfide) groups is 1. The highest BCUT2D eigenvalue weighted by atomic mass is 35.7. The molecule has 0 saturated heterocycles. The third-order valence-corrected chi connectivity index (χ3v) is 4.22. The number of ether oxygens (including phenoxy) is 1. The summed E-state index contributed by atoms with van der Waals surface area (Å²) in [6, 6.07) is 6.67. The van der Waals surface area contributed by atoms with Gasteiger partial charge in [0.15, 0.2) is 0 Å². The topological polar surface area (TPSA) is 43.4 Å². The first-order chi connectivity index (χ1) is 7.54. The standard InChI is InChI=1S/C10H13ClO3S2/c1-14-5-6-15-8-9-3-2-4-10(7-9)16(11,12)13/h2-4,7H,5-6,8H2,1H3. The van der Waals surface area contributed by atoms with Crippen molar-refractivity contribution in [3.05, 3.63) is 29.8 Å². The second kappa shape index (κ2) is 6.49. The van der Waals surface area contributed by atoms with Gasteiger partial charge in [-0.3, -0.25) is 0 Å². The number of benzene rings is 1. The number of hydrogen-bond acceptors (Lipinski definition) is 4. The summed E-state index contributed by atoms with van der Waals surface area (Å²) in [4.78, 5) is 0.152. The van der Waals surface area contributed by atoms with Crippen molar-refractivity contribution in [2.45, 2.75) is 10.6 Å². The van der Waals surface area contributed by atoms with Crippen LogP contribution in [0.25, 0.3) is 0 Å². The molecule has 0 fully saturated rings. The molecular formula is C10H13ClO3S2. The van der Waals surface area contributed by atoms with Gasteiger partial charge in [0.1, 0.15) is 0 Å². The van der Waals surface area contributed by atoms with Crippen LogP contribution in [0.1, 0.15) is 5.56 Å². The first-order valence-electron chi connectivity index (χ1n) is 4.64. The lowest BCUT2D eigenvalue weighted by molar-refractivity contribution is 0.218. The van der Waals surface area contributed by atoms with Crippen molar-refractivity contribution in [2.24, 2.45) is 0 Å². The van der Waals surface area contributed by atoms with Crippen LogP contribution in [0.4, 0.5) is 0 Å². The zero-order valence-electron chi connectivity index (χ0n) is 8.85. The first-order valence-corrected chi connectivity index (χ1v) is 8.10. The van der Waals surface area contributed by atoms with Crippen molar-refractivity contribution >= 4 is 31.5 Å². The van der Waals surface area contributed by atoms with Crippen molar-refractivity contribution in [1.29, 1.82) is 0 Å². The van der Waals surface area contributed by atoms with E-state index in [-0.39, 0.29) is 4.90 Å². The highest BCUT2D eigenvalue weighted by Gasteiger charge is 2.09. The molecule has 0 radical (unpaired) electrons. The second-order valence-electron chi connectivity index (χ2n) is 3.13. The van der Waals surface area contributed by atoms with Crippen LogP contribution in [-0.2, 0) is 19.5 Å². The van der Waals surface area contributed by atoms with Crippen molar-refractivity contribution in [3.63, 3.8) is 0 Å². The maximum absolute atomic E-state index is 11.1. The van der Waals surface area contributed by atoms with E-state index in [2.05, 4.69) is 0 Å².